The molecule has 0 radical (unpaired) electrons. The number of rotatable bonds is 5. The highest BCUT2D eigenvalue weighted by molar-refractivity contribution is 7.17. The Bertz CT molecular complexity index is 1080. The first-order chi connectivity index (χ1) is 15.4. The van der Waals surface area contributed by atoms with Crippen molar-refractivity contribution in [1.29, 1.82) is 0 Å². The van der Waals surface area contributed by atoms with E-state index in [9.17, 15) is 14.4 Å². The lowest BCUT2D eigenvalue weighted by Crippen LogP contribution is -2.56. The third-order valence-corrected chi connectivity index (χ3v) is 6.46. The van der Waals surface area contributed by atoms with Crippen LogP contribution < -0.4 is 20.3 Å². The molecule has 32 heavy (non-hydrogen) atoms. The van der Waals surface area contributed by atoms with E-state index in [-0.39, 0.29) is 18.4 Å². The summed E-state index contributed by atoms with van der Waals surface area (Å²) in [5.41, 5.74) is 1.05. The number of nitrogens with one attached hydrogen (secondary N) is 2. The summed E-state index contributed by atoms with van der Waals surface area (Å²) >= 11 is 7.00. The Morgan fingerprint density at radius 2 is 2.00 bits per heavy atom. The van der Waals surface area contributed by atoms with Crippen molar-refractivity contribution in [2.45, 2.75) is 25.3 Å². The summed E-state index contributed by atoms with van der Waals surface area (Å²) in [6.45, 7) is 2.91. The van der Waals surface area contributed by atoms with Gasteiger partial charge in [0, 0.05) is 17.9 Å². The van der Waals surface area contributed by atoms with Crippen molar-refractivity contribution in [3.05, 3.63) is 52.4 Å². The summed E-state index contributed by atoms with van der Waals surface area (Å²) in [6.07, 6.45) is 3.66. The largest absolute Gasteiger partial charge is 0.414 e. The number of nitrogens with zero attached hydrogens (tertiary/aromatic N) is 1. The van der Waals surface area contributed by atoms with Crippen molar-refractivity contribution >= 4 is 52.2 Å². The van der Waals surface area contributed by atoms with E-state index in [1.807, 2.05) is 19.1 Å². The first-order valence-corrected chi connectivity index (χ1v) is 11.3. The SMILES string of the molecule is Cc1cc(NC(=O)C2(NC(=O)Oc3ccc(Cl)s3)CC=CC2)ccc1N1CCOCC1=O. The highest BCUT2D eigenvalue weighted by Crippen LogP contribution is 2.31. The van der Waals surface area contributed by atoms with E-state index in [1.54, 1.807) is 35.2 Å². The number of hydrogen-bond acceptors (Lipinski definition) is 6. The molecule has 0 spiro atoms. The lowest BCUT2D eigenvalue weighted by Gasteiger charge is -2.30. The highest BCUT2D eigenvalue weighted by atomic mass is 35.5. The molecular weight excluding hydrogens is 454 g/mol. The van der Waals surface area contributed by atoms with Gasteiger partial charge in [0.25, 0.3) is 11.8 Å². The summed E-state index contributed by atoms with van der Waals surface area (Å²) in [5.74, 6) is -0.444. The van der Waals surface area contributed by atoms with Gasteiger partial charge in [-0.05, 0) is 55.7 Å². The lowest BCUT2D eigenvalue weighted by atomic mass is 9.95. The summed E-state index contributed by atoms with van der Waals surface area (Å²) in [4.78, 5) is 39.4. The Hall–Kier alpha value is -2.88. The fourth-order valence-corrected chi connectivity index (χ4v) is 4.59. The van der Waals surface area contributed by atoms with Crippen LogP contribution in [0.1, 0.15) is 18.4 Å². The number of hydrogen-bond donors (Lipinski definition) is 2. The van der Waals surface area contributed by atoms with Crippen molar-refractivity contribution < 1.29 is 23.9 Å². The van der Waals surface area contributed by atoms with Crippen molar-refractivity contribution in [2.75, 3.05) is 30.0 Å². The van der Waals surface area contributed by atoms with Crippen LogP contribution in [0.5, 0.6) is 5.06 Å². The molecule has 0 saturated carbocycles. The maximum absolute atomic E-state index is 13.2. The predicted molar refractivity (Wildman–Crippen MR) is 123 cm³/mol. The smallest absolute Gasteiger partial charge is 0.399 e. The highest BCUT2D eigenvalue weighted by Gasteiger charge is 2.41. The molecule has 1 aliphatic heterocycles. The maximum Gasteiger partial charge on any atom is 0.414 e. The summed E-state index contributed by atoms with van der Waals surface area (Å²) in [6, 6.07) is 8.57. The number of amides is 3. The van der Waals surface area contributed by atoms with Gasteiger partial charge in [0.2, 0.25) is 0 Å². The molecule has 1 aromatic heterocycles. The van der Waals surface area contributed by atoms with Gasteiger partial charge in [-0.25, -0.2) is 4.79 Å². The number of carbonyl (C=O) groups excluding carboxylic acids is 3. The van der Waals surface area contributed by atoms with E-state index in [1.165, 1.54) is 0 Å². The fraction of sp³-hybridized carbons (Fsp3) is 0.318. The summed E-state index contributed by atoms with van der Waals surface area (Å²) in [5, 5.41) is 5.94. The van der Waals surface area contributed by atoms with Gasteiger partial charge >= 0.3 is 6.09 Å². The Morgan fingerprint density at radius 3 is 2.66 bits per heavy atom. The number of aryl methyl sites for hydroxylation is 1. The lowest BCUT2D eigenvalue weighted by molar-refractivity contribution is -0.125. The van der Waals surface area contributed by atoms with Gasteiger partial charge in [0.05, 0.1) is 10.9 Å². The van der Waals surface area contributed by atoms with E-state index >= 15 is 0 Å². The molecule has 10 heteroatoms. The van der Waals surface area contributed by atoms with E-state index < -0.39 is 11.6 Å². The molecule has 0 atom stereocenters. The standard InChI is InChI=1S/C22H22ClN3O5S/c1-14-12-15(4-5-16(14)26-10-11-30-13-18(26)27)24-20(28)22(8-2-3-9-22)25-21(29)31-19-7-6-17(23)32-19/h2-7,12H,8-11,13H2,1H3,(H,24,28)(H,25,29). The fourth-order valence-electron chi connectivity index (χ4n) is 3.72. The Balaban J connectivity index is 1.45. The molecule has 8 nitrogen and oxygen atoms in total. The van der Waals surface area contributed by atoms with Crippen LogP contribution >= 0.6 is 22.9 Å². The van der Waals surface area contributed by atoms with E-state index in [0.717, 1.165) is 22.6 Å². The molecule has 2 heterocycles. The quantitative estimate of drug-likeness (QED) is 0.639. The van der Waals surface area contributed by atoms with E-state index in [0.29, 0.717) is 41.1 Å². The third-order valence-electron chi connectivity index (χ3n) is 5.35. The molecule has 1 aromatic carbocycles. The number of carbonyl (C=O) groups is 3. The van der Waals surface area contributed by atoms with Crippen LogP contribution in [-0.4, -0.2) is 43.2 Å². The average Bonchev–Trinajstić information content (AvgIpc) is 3.38. The number of morpholine rings is 1. The second-order valence-corrected chi connectivity index (χ2v) is 9.27. The van der Waals surface area contributed by atoms with Crippen molar-refractivity contribution in [1.82, 2.24) is 5.32 Å². The molecule has 168 valence electrons. The number of ether oxygens (including phenoxy) is 2. The van der Waals surface area contributed by atoms with Gasteiger partial charge in [-0.2, -0.15) is 0 Å². The van der Waals surface area contributed by atoms with Gasteiger partial charge in [-0.1, -0.05) is 35.1 Å². The Labute approximate surface area is 194 Å². The summed E-state index contributed by atoms with van der Waals surface area (Å²) in [7, 11) is 0. The van der Waals surface area contributed by atoms with Crippen LogP contribution in [0, 0.1) is 6.92 Å². The molecule has 0 unspecified atom stereocenters. The zero-order chi connectivity index (χ0) is 22.7. The monoisotopic (exact) mass is 475 g/mol. The molecule has 2 aliphatic rings. The minimum atomic E-state index is -1.15. The number of anilines is 2. The van der Waals surface area contributed by atoms with Gasteiger partial charge < -0.3 is 25.0 Å². The third kappa shape index (κ3) is 4.79. The molecule has 4 rings (SSSR count). The van der Waals surface area contributed by atoms with E-state index in [4.69, 9.17) is 21.1 Å². The van der Waals surface area contributed by atoms with Gasteiger partial charge in [0.1, 0.15) is 12.1 Å². The van der Waals surface area contributed by atoms with Crippen LogP contribution in [0.25, 0.3) is 0 Å². The van der Waals surface area contributed by atoms with Crippen molar-refractivity contribution in [3.63, 3.8) is 0 Å². The molecule has 2 aromatic rings. The maximum atomic E-state index is 13.2. The van der Waals surface area contributed by atoms with Gasteiger partial charge in [-0.15, -0.1) is 0 Å². The number of benzene rings is 1. The van der Waals surface area contributed by atoms with Crippen LogP contribution in [0.3, 0.4) is 0 Å². The van der Waals surface area contributed by atoms with Gasteiger partial charge in [0.15, 0.2) is 5.06 Å². The number of halogens is 1. The Kier molecular flexibility index (Phi) is 6.50. The molecule has 3 amide bonds. The topological polar surface area (TPSA) is 97.0 Å². The van der Waals surface area contributed by atoms with Crippen LogP contribution in [0.15, 0.2) is 42.5 Å². The molecule has 1 fully saturated rings. The first-order valence-electron chi connectivity index (χ1n) is 10.1. The number of thiophene rings is 1. The Morgan fingerprint density at radius 1 is 1.22 bits per heavy atom. The van der Waals surface area contributed by atoms with Crippen molar-refractivity contribution in [3.8, 4) is 5.06 Å². The zero-order valence-electron chi connectivity index (χ0n) is 17.4. The van der Waals surface area contributed by atoms with Crippen LogP contribution in [-0.2, 0) is 14.3 Å². The zero-order valence-corrected chi connectivity index (χ0v) is 18.9. The van der Waals surface area contributed by atoms with Crippen molar-refractivity contribution in [2.24, 2.45) is 0 Å². The molecular formula is C22H22ClN3O5S. The summed E-state index contributed by atoms with van der Waals surface area (Å²) < 4.78 is 10.9. The first kappa shape index (κ1) is 22.3. The minimum Gasteiger partial charge on any atom is -0.399 e. The van der Waals surface area contributed by atoms with Gasteiger partial charge in [-0.3, -0.25) is 9.59 Å². The minimum absolute atomic E-state index is 0.0624. The molecule has 1 saturated heterocycles. The predicted octanol–water partition coefficient (Wildman–Crippen LogP) is 3.89. The second-order valence-electron chi connectivity index (χ2n) is 7.59. The molecule has 2 N–H and O–H groups in total. The van der Waals surface area contributed by atoms with E-state index in [2.05, 4.69) is 10.6 Å². The normalized spacial score (nSPS) is 17.3. The molecule has 0 bridgehead atoms. The van der Waals surface area contributed by atoms with Crippen LogP contribution in [0.4, 0.5) is 16.2 Å². The van der Waals surface area contributed by atoms with Crippen LogP contribution in [0.2, 0.25) is 4.34 Å². The molecule has 1 aliphatic carbocycles. The average molecular weight is 476 g/mol. The second kappa shape index (κ2) is 9.32.